The van der Waals surface area contributed by atoms with Gasteiger partial charge in [-0.1, -0.05) is 43.2 Å². The van der Waals surface area contributed by atoms with E-state index in [1.807, 2.05) is 24.3 Å². The normalized spacial score (nSPS) is 10.6. The molecular formula is C19H24O2S. The predicted molar refractivity (Wildman–Crippen MR) is 93.2 cm³/mol. The van der Waals surface area contributed by atoms with Crippen LogP contribution in [0.5, 0.6) is 0 Å². The van der Waals surface area contributed by atoms with Crippen molar-refractivity contribution in [1.82, 2.24) is 0 Å². The van der Waals surface area contributed by atoms with Crippen LogP contribution in [-0.2, 0) is 16.0 Å². The molecule has 0 saturated heterocycles. The number of rotatable bonds is 9. The molecule has 0 saturated carbocycles. The SMILES string of the molecule is CCOC(=O)CCCCCCc1ccc(-c2ccccc2)s1. The predicted octanol–water partition coefficient (Wildman–Crippen LogP) is 5.47. The molecule has 0 spiro atoms. The highest BCUT2D eigenvalue weighted by atomic mass is 32.1. The monoisotopic (exact) mass is 316 g/mol. The standard InChI is InChI=1S/C19H24O2S/c1-2-21-19(20)13-9-4-3-8-12-17-14-15-18(22-17)16-10-6-5-7-11-16/h5-7,10-11,14-15H,2-4,8-9,12-13H2,1H3. The Bertz CT molecular complexity index is 560. The van der Waals surface area contributed by atoms with Crippen molar-refractivity contribution in [3.63, 3.8) is 0 Å². The van der Waals surface area contributed by atoms with Crippen molar-refractivity contribution in [1.29, 1.82) is 0 Å². The summed E-state index contributed by atoms with van der Waals surface area (Å²) < 4.78 is 4.93. The summed E-state index contributed by atoms with van der Waals surface area (Å²) in [4.78, 5) is 14.0. The Balaban J connectivity index is 1.64. The average molecular weight is 316 g/mol. The van der Waals surface area contributed by atoms with Crippen LogP contribution >= 0.6 is 11.3 Å². The van der Waals surface area contributed by atoms with Crippen LogP contribution in [0.25, 0.3) is 10.4 Å². The van der Waals surface area contributed by atoms with Crippen LogP contribution in [0.2, 0.25) is 0 Å². The number of unbranched alkanes of at least 4 members (excludes halogenated alkanes) is 3. The van der Waals surface area contributed by atoms with Crippen molar-refractivity contribution in [2.24, 2.45) is 0 Å². The molecule has 0 unspecified atom stereocenters. The molecule has 0 aliphatic carbocycles. The fraction of sp³-hybridized carbons (Fsp3) is 0.421. The van der Waals surface area contributed by atoms with Crippen molar-refractivity contribution in [3.05, 3.63) is 47.3 Å². The first-order valence-electron chi connectivity index (χ1n) is 8.09. The smallest absolute Gasteiger partial charge is 0.305 e. The van der Waals surface area contributed by atoms with E-state index in [2.05, 4.69) is 36.4 Å². The summed E-state index contributed by atoms with van der Waals surface area (Å²) in [5, 5.41) is 0. The zero-order chi connectivity index (χ0) is 15.6. The van der Waals surface area contributed by atoms with Crippen LogP contribution in [0.3, 0.4) is 0 Å². The minimum absolute atomic E-state index is 0.0618. The Morgan fingerprint density at radius 1 is 1.00 bits per heavy atom. The highest BCUT2D eigenvalue weighted by Gasteiger charge is 2.03. The number of hydrogen-bond donors (Lipinski definition) is 0. The summed E-state index contributed by atoms with van der Waals surface area (Å²) in [5.74, 6) is -0.0618. The molecule has 22 heavy (non-hydrogen) atoms. The second-order valence-electron chi connectivity index (χ2n) is 5.35. The quantitative estimate of drug-likeness (QED) is 0.453. The molecule has 2 rings (SSSR count). The van der Waals surface area contributed by atoms with E-state index >= 15 is 0 Å². The first-order valence-corrected chi connectivity index (χ1v) is 8.91. The number of ether oxygens (including phenoxy) is 1. The second kappa shape index (κ2) is 9.42. The number of thiophene rings is 1. The fourth-order valence-electron chi connectivity index (χ4n) is 2.43. The van der Waals surface area contributed by atoms with Gasteiger partial charge in [0, 0.05) is 16.2 Å². The number of carbonyl (C=O) groups excluding carboxylic acids is 1. The average Bonchev–Trinajstić information content (AvgIpc) is 3.01. The van der Waals surface area contributed by atoms with Crippen LogP contribution in [-0.4, -0.2) is 12.6 Å². The molecule has 0 N–H and O–H groups in total. The fourth-order valence-corrected chi connectivity index (χ4v) is 3.48. The highest BCUT2D eigenvalue weighted by Crippen LogP contribution is 2.28. The largest absolute Gasteiger partial charge is 0.466 e. The molecule has 3 heteroatoms. The van der Waals surface area contributed by atoms with Gasteiger partial charge >= 0.3 is 5.97 Å². The van der Waals surface area contributed by atoms with E-state index in [0.717, 1.165) is 19.3 Å². The summed E-state index contributed by atoms with van der Waals surface area (Å²) in [5.41, 5.74) is 1.30. The number of aryl methyl sites for hydroxylation is 1. The molecule has 0 fully saturated rings. The van der Waals surface area contributed by atoms with Crippen LogP contribution in [0.1, 0.15) is 43.9 Å². The molecule has 0 aliphatic rings. The summed E-state index contributed by atoms with van der Waals surface area (Å²) in [6, 6.07) is 15.0. The van der Waals surface area contributed by atoms with Gasteiger partial charge in [0.1, 0.15) is 0 Å². The van der Waals surface area contributed by atoms with Crippen molar-refractivity contribution in [2.45, 2.75) is 45.4 Å². The second-order valence-corrected chi connectivity index (χ2v) is 6.52. The lowest BCUT2D eigenvalue weighted by molar-refractivity contribution is -0.143. The van der Waals surface area contributed by atoms with E-state index in [0.29, 0.717) is 13.0 Å². The van der Waals surface area contributed by atoms with E-state index < -0.39 is 0 Å². The van der Waals surface area contributed by atoms with Gasteiger partial charge < -0.3 is 4.74 Å². The van der Waals surface area contributed by atoms with E-state index in [1.165, 1.54) is 28.2 Å². The first-order chi connectivity index (χ1) is 10.8. The summed E-state index contributed by atoms with van der Waals surface area (Å²) in [6.45, 7) is 2.34. The van der Waals surface area contributed by atoms with Gasteiger partial charge in [0.05, 0.1) is 6.61 Å². The molecular weight excluding hydrogens is 292 g/mol. The van der Waals surface area contributed by atoms with Gasteiger partial charge in [0.2, 0.25) is 0 Å². The van der Waals surface area contributed by atoms with Crippen molar-refractivity contribution in [3.8, 4) is 10.4 Å². The van der Waals surface area contributed by atoms with E-state index in [-0.39, 0.29) is 5.97 Å². The molecule has 0 amide bonds. The van der Waals surface area contributed by atoms with Crippen LogP contribution in [0.15, 0.2) is 42.5 Å². The third-order valence-corrected chi connectivity index (χ3v) is 4.77. The third-order valence-electron chi connectivity index (χ3n) is 3.58. The molecule has 0 radical (unpaired) electrons. The number of benzene rings is 1. The van der Waals surface area contributed by atoms with Crippen molar-refractivity contribution < 1.29 is 9.53 Å². The Kier molecular flexibility index (Phi) is 7.17. The van der Waals surface area contributed by atoms with Gasteiger partial charge in [-0.15, -0.1) is 11.3 Å². The number of carbonyl (C=O) groups is 1. The van der Waals surface area contributed by atoms with E-state index in [9.17, 15) is 4.79 Å². The third kappa shape index (κ3) is 5.64. The lowest BCUT2D eigenvalue weighted by Crippen LogP contribution is -2.03. The minimum atomic E-state index is -0.0618. The molecule has 0 bridgehead atoms. The summed E-state index contributed by atoms with van der Waals surface area (Å²) >= 11 is 1.89. The molecule has 1 heterocycles. The van der Waals surface area contributed by atoms with Crippen LogP contribution in [0, 0.1) is 0 Å². The van der Waals surface area contributed by atoms with Gasteiger partial charge in [0.25, 0.3) is 0 Å². The maximum absolute atomic E-state index is 11.2. The molecule has 1 aromatic carbocycles. The van der Waals surface area contributed by atoms with E-state index in [4.69, 9.17) is 4.74 Å². The van der Waals surface area contributed by atoms with Gasteiger partial charge in [-0.05, 0) is 43.9 Å². The molecule has 2 nitrogen and oxygen atoms in total. The zero-order valence-corrected chi connectivity index (χ0v) is 14.0. The lowest BCUT2D eigenvalue weighted by Gasteiger charge is -2.02. The lowest BCUT2D eigenvalue weighted by atomic mass is 10.1. The van der Waals surface area contributed by atoms with E-state index in [1.54, 1.807) is 0 Å². The maximum Gasteiger partial charge on any atom is 0.305 e. The van der Waals surface area contributed by atoms with Gasteiger partial charge in [0.15, 0.2) is 0 Å². The number of esters is 1. The topological polar surface area (TPSA) is 26.3 Å². The molecule has 2 aromatic rings. The Hall–Kier alpha value is -1.61. The molecule has 0 atom stereocenters. The van der Waals surface area contributed by atoms with Crippen LogP contribution < -0.4 is 0 Å². The maximum atomic E-state index is 11.2. The van der Waals surface area contributed by atoms with Crippen molar-refractivity contribution >= 4 is 17.3 Å². The Morgan fingerprint density at radius 2 is 1.77 bits per heavy atom. The van der Waals surface area contributed by atoms with Gasteiger partial charge in [-0.3, -0.25) is 4.79 Å². The molecule has 118 valence electrons. The first kappa shape index (κ1) is 16.8. The Morgan fingerprint density at radius 3 is 2.55 bits per heavy atom. The summed E-state index contributed by atoms with van der Waals surface area (Å²) in [7, 11) is 0. The number of hydrogen-bond acceptors (Lipinski definition) is 3. The van der Waals surface area contributed by atoms with Gasteiger partial charge in [-0.2, -0.15) is 0 Å². The van der Waals surface area contributed by atoms with Crippen molar-refractivity contribution in [2.75, 3.05) is 6.61 Å². The zero-order valence-electron chi connectivity index (χ0n) is 13.2. The van der Waals surface area contributed by atoms with Crippen LogP contribution in [0.4, 0.5) is 0 Å². The molecule has 1 aromatic heterocycles. The minimum Gasteiger partial charge on any atom is -0.466 e. The molecule has 0 aliphatic heterocycles. The Labute approximate surface area is 137 Å². The summed E-state index contributed by atoms with van der Waals surface area (Å²) in [6.07, 6.45) is 6.12. The van der Waals surface area contributed by atoms with Gasteiger partial charge in [-0.25, -0.2) is 0 Å². The highest BCUT2D eigenvalue weighted by molar-refractivity contribution is 7.15.